The molecule has 0 aliphatic heterocycles. The molecule has 0 atom stereocenters. The number of nitrogens with one attached hydrogen (secondary N) is 2. The summed E-state index contributed by atoms with van der Waals surface area (Å²) < 4.78 is 0. The van der Waals surface area contributed by atoms with Gasteiger partial charge in [-0.15, -0.1) is 0 Å². The van der Waals surface area contributed by atoms with E-state index in [2.05, 4.69) is 32.2 Å². The molecule has 1 aromatic carbocycles. The van der Waals surface area contributed by atoms with Gasteiger partial charge in [-0.2, -0.15) is 0 Å². The third-order valence-electron chi connectivity index (χ3n) is 2.73. The maximum atomic E-state index is 4.53. The average molecular weight is 285 g/mol. The van der Waals surface area contributed by atoms with E-state index in [1.165, 1.54) is 11.8 Å². The summed E-state index contributed by atoms with van der Waals surface area (Å²) in [6.45, 7) is 2.98. The zero-order valence-corrected chi connectivity index (χ0v) is 11.9. The van der Waals surface area contributed by atoms with Gasteiger partial charge in [0.1, 0.15) is 5.03 Å². The van der Waals surface area contributed by atoms with Crippen LogP contribution in [0.1, 0.15) is 13.3 Å². The quantitative estimate of drug-likeness (QED) is 0.704. The van der Waals surface area contributed by atoms with Crippen LogP contribution in [-0.4, -0.2) is 26.5 Å². The Morgan fingerprint density at radius 2 is 2.10 bits per heavy atom. The lowest BCUT2D eigenvalue weighted by molar-refractivity contribution is 0.933. The molecule has 20 heavy (non-hydrogen) atoms. The predicted octanol–water partition coefficient (Wildman–Crippen LogP) is 3.33. The van der Waals surface area contributed by atoms with E-state index >= 15 is 0 Å². The minimum Gasteiger partial charge on any atom is -0.354 e. The van der Waals surface area contributed by atoms with Gasteiger partial charge < -0.3 is 10.3 Å². The number of aromatic nitrogens is 4. The number of hydrogen-bond acceptors (Lipinski definition) is 5. The van der Waals surface area contributed by atoms with Crippen molar-refractivity contribution in [2.75, 3.05) is 11.9 Å². The summed E-state index contributed by atoms with van der Waals surface area (Å²) in [5.41, 5.74) is 2.00. The molecule has 0 bridgehead atoms. The van der Waals surface area contributed by atoms with Gasteiger partial charge in [0, 0.05) is 12.7 Å². The second-order valence-corrected chi connectivity index (χ2v) is 5.32. The van der Waals surface area contributed by atoms with Crippen LogP contribution in [0, 0.1) is 0 Å². The summed E-state index contributed by atoms with van der Waals surface area (Å²) in [5, 5.41) is 4.89. The first kappa shape index (κ1) is 12.9. The number of aromatic amines is 1. The zero-order valence-electron chi connectivity index (χ0n) is 11.1. The molecule has 0 spiro atoms. The van der Waals surface area contributed by atoms with Crippen molar-refractivity contribution >= 4 is 28.7 Å². The molecular formula is C14H15N5S. The normalized spacial score (nSPS) is 10.8. The number of para-hydroxylation sites is 2. The summed E-state index contributed by atoms with van der Waals surface area (Å²) in [4.78, 5) is 16.5. The number of nitrogens with zero attached hydrogens (tertiary/aromatic N) is 3. The molecular weight excluding hydrogens is 270 g/mol. The Bertz CT molecular complexity index is 676. The fraction of sp³-hybridized carbons (Fsp3) is 0.214. The number of hydrogen-bond donors (Lipinski definition) is 2. The first-order valence-electron chi connectivity index (χ1n) is 6.54. The Morgan fingerprint density at radius 1 is 1.20 bits per heavy atom. The highest BCUT2D eigenvalue weighted by Crippen LogP contribution is 2.25. The molecule has 0 saturated heterocycles. The lowest BCUT2D eigenvalue weighted by Crippen LogP contribution is -2.04. The molecule has 102 valence electrons. The third-order valence-corrected chi connectivity index (χ3v) is 3.56. The molecule has 6 heteroatoms. The van der Waals surface area contributed by atoms with Crippen LogP contribution >= 0.6 is 11.8 Å². The minimum atomic E-state index is 0.660. The topological polar surface area (TPSA) is 66.5 Å². The Morgan fingerprint density at radius 3 is 2.95 bits per heavy atom. The summed E-state index contributed by atoms with van der Waals surface area (Å²) in [6.07, 6.45) is 2.81. The monoisotopic (exact) mass is 285 g/mol. The fourth-order valence-electron chi connectivity index (χ4n) is 1.80. The number of rotatable bonds is 5. The highest BCUT2D eigenvalue weighted by molar-refractivity contribution is 7.99. The number of H-pyrrole nitrogens is 1. The van der Waals surface area contributed by atoms with Gasteiger partial charge in [0.15, 0.2) is 5.16 Å². The average Bonchev–Trinajstić information content (AvgIpc) is 2.87. The van der Waals surface area contributed by atoms with Crippen molar-refractivity contribution in [3.63, 3.8) is 0 Å². The molecule has 0 fully saturated rings. The molecule has 0 saturated carbocycles. The molecule has 2 aromatic heterocycles. The Balaban J connectivity index is 1.79. The SMILES string of the molecule is CCCNc1nccc(Sc2nc3ccccc3[nH]2)n1. The van der Waals surface area contributed by atoms with E-state index in [0.29, 0.717) is 5.95 Å². The van der Waals surface area contributed by atoms with E-state index in [-0.39, 0.29) is 0 Å². The van der Waals surface area contributed by atoms with Crippen molar-refractivity contribution in [2.24, 2.45) is 0 Å². The third kappa shape index (κ3) is 2.91. The summed E-state index contributed by atoms with van der Waals surface area (Å²) >= 11 is 1.50. The van der Waals surface area contributed by atoms with Crippen molar-refractivity contribution in [2.45, 2.75) is 23.5 Å². The van der Waals surface area contributed by atoms with Crippen LogP contribution in [0.3, 0.4) is 0 Å². The molecule has 2 heterocycles. The van der Waals surface area contributed by atoms with Gasteiger partial charge in [-0.25, -0.2) is 15.0 Å². The first-order chi connectivity index (χ1) is 9.85. The standard InChI is InChI=1S/C14H15N5S/c1-2-8-15-13-16-9-7-12(19-13)20-14-17-10-5-3-4-6-11(10)18-14/h3-7,9H,2,8H2,1H3,(H,17,18)(H,15,16,19). The van der Waals surface area contributed by atoms with Crippen LogP contribution < -0.4 is 5.32 Å². The molecule has 0 aliphatic rings. The van der Waals surface area contributed by atoms with Crippen molar-refractivity contribution in [3.8, 4) is 0 Å². The van der Waals surface area contributed by atoms with Gasteiger partial charge in [-0.05, 0) is 36.4 Å². The van der Waals surface area contributed by atoms with Gasteiger partial charge in [-0.1, -0.05) is 19.1 Å². The largest absolute Gasteiger partial charge is 0.354 e. The highest BCUT2D eigenvalue weighted by Gasteiger charge is 2.06. The Kier molecular flexibility index (Phi) is 3.83. The maximum Gasteiger partial charge on any atom is 0.223 e. The first-order valence-corrected chi connectivity index (χ1v) is 7.36. The molecule has 5 nitrogen and oxygen atoms in total. The summed E-state index contributed by atoms with van der Waals surface area (Å²) in [5.74, 6) is 0.660. The van der Waals surface area contributed by atoms with Gasteiger partial charge in [0.25, 0.3) is 0 Å². The van der Waals surface area contributed by atoms with Crippen molar-refractivity contribution in [1.29, 1.82) is 0 Å². The van der Waals surface area contributed by atoms with Crippen molar-refractivity contribution in [1.82, 2.24) is 19.9 Å². The molecule has 2 N–H and O–H groups in total. The number of fused-ring (bicyclic) bond motifs is 1. The van der Waals surface area contributed by atoms with Gasteiger partial charge in [-0.3, -0.25) is 0 Å². The van der Waals surface area contributed by atoms with Crippen LogP contribution in [-0.2, 0) is 0 Å². The Labute approximate surface area is 121 Å². The fourth-order valence-corrected chi connectivity index (χ4v) is 2.56. The second-order valence-electron chi connectivity index (χ2n) is 4.31. The Hall–Kier alpha value is -2.08. The van der Waals surface area contributed by atoms with Gasteiger partial charge >= 0.3 is 0 Å². The second kappa shape index (κ2) is 5.92. The van der Waals surface area contributed by atoms with Crippen LogP contribution in [0.4, 0.5) is 5.95 Å². The van der Waals surface area contributed by atoms with Crippen LogP contribution in [0.25, 0.3) is 11.0 Å². The van der Waals surface area contributed by atoms with Crippen molar-refractivity contribution in [3.05, 3.63) is 36.5 Å². The lowest BCUT2D eigenvalue weighted by atomic mass is 10.3. The molecule has 0 aliphatic carbocycles. The summed E-state index contributed by atoms with van der Waals surface area (Å²) in [6, 6.07) is 9.86. The predicted molar refractivity (Wildman–Crippen MR) is 81.0 cm³/mol. The van der Waals surface area contributed by atoms with E-state index in [1.807, 2.05) is 30.3 Å². The highest BCUT2D eigenvalue weighted by atomic mass is 32.2. The van der Waals surface area contributed by atoms with Crippen LogP contribution in [0.15, 0.2) is 46.7 Å². The molecule has 0 radical (unpaired) electrons. The number of anilines is 1. The van der Waals surface area contributed by atoms with E-state index in [1.54, 1.807) is 6.20 Å². The van der Waals surface area contributed by atoms with E-state index in [9.17, 15) is 0 Å². The zero-order chi connectivity index (χ0) is 13.8. The van der Waals surface area contributed by atoms with E-state index < -0.39 is 0 Å². The van der Waals surface area contributed by atoms with E-state index in [0.717, 1.165) is 34.2 Å². The summed E-state index contributed by atoms with van der Waals surface area (Å²) in [7, 11) is 0. The van der Waals surface area contributed by atoms with E-state index in [4.69, 9.17) is 0 Å². The van der Waals surface area contributed by atoms with Gasteiger partial charge in [0.05, 0.1) is 11.0 Å². The lowest BCUT2D eigenvalue weighted by Gasteiger charge is -2.03. The molecule has 0 amide bonds. The molecule has 3 rings (SSSR count). The van der Waals surface area contributed by atoms with Crippen LogP contribution in [0.5, 0.6) is 0 Å². The van der Waals surface area contributed by atoms with Crippen molar-refractivity contribution < 1.29 is 0 Å². The number of imidazole rings is 1. The maximum absolute atomic E-state index is 4.53. The number of benzene rings is 1. The smallest absolute Gasteiger partial charge is 0.223 e. The molecule has 0 unspecified atom stereocenters. The minimum absolute atomic E-state index is 0.660. The molecule has 3 aromatic rings. The van der Waals surface area contributed by atoms with Crippen LogP contribution in [0.2, 0.25) is 0 Å². The van der Waals surface area contributed by atoms with Gasteiger partial charge in [0.2, 0.25) is 5.95 Å².